The van der Waals surface area contributed by atoms with Crippen molar-refractivity contribution in [2.45, 2.75) is 12.4 Å². The van der Waals surface area contributed by atoms with Gasteiger partial charge in [-0.05, 0) is 54.1 Å². The van der Waals surface area contributed by atoms with Crippen LogP contribution in [0, 0.1) is 0 Å². The first-order valence-electron chi connectivity index (χ1n) is 10.7. The number of aliphatic hydroxyl groups excluding tert-OH is 1. The highest BCUT2D eigenvalue weighted by Crippen LogP contribution is 2.43. The number of phenols is 1. The van der Waals surface area contributed by atoms with E-state index in [4.69, 9.17) is 16.0 Å². The molecule has 0 saturated carbocycles. The van der Waals surface area contributed by atoms with Crippen LogP contribution < -0.4 is 9.64 Å². The van der Waals surface area contributed by atoms with Crippen LogP contribution in [0.2, 0.25) is 5.02 Å². The van der Waals surface area contributed by atoms with Gasteiger partial charge in [0.05, 0.1) is 11.6 Å². The van der Waals surface area contributed by atoms with E-state index in [9.17, 15) is 33.0 Å². The average Bonchev–Trinajstić information content (AvgIpc) is 3.37. The number of alkyl halides is 3. The molecule has 2 heterocycles. The van der Waals surface area contributed by atoms with Crippen molar-refractivity contribution in [3.63, 3.8) is 0 Å². The lowest BCUT2D eigenvalue weighted by Crippen LogP contribution is -2.31. The van der Waals surface area contributed by atoms with Crippen molar-refractivity contribution in [1.82, 2.24) is 0 Å². The Hall–Kier alpha value is -4.44. The number of hydrogen-bond donors (Lipinski definition) is 2. The predicted octanol–water partition coefficient (Wildman–Crippen LogP) is 6.47. The van der Waals surface area contributed by atoms with Gasteiger partial charge < -0.3 is 19.4 Å². The van der Waals surface area contributed by atoms with Gasteiger partial charge in [-0.2, -0.15) is 0 Å². The highest BCUT2D eigenvalue weighted by molar-refractivity contribution is 6.31. The van der Waals surface area contributed by atoms with Gasteiger partial charge in [0.25, 0.3) is 5.91 Å². The monoisotopic (exact) mass is 529 g/mol. The third kappa shape index (κ3) is 4.58. The zero-order valence-electron chi connectivity index (χ0n) is 18.5. The Morgan fingerprint density at radius 2 is 1.73 bits per heavy atom. The highest BCUT2D eigenvalue weighted by Gasteiger charge is 2.45. The van der Waals surface area contributed by atoms with E-state index < -0.39 is 35.6 Å². The number of carbonyl (C=O) groups is 2. The molecular formula is C26H15ClF3NO6. The van der Waals surface area contributed by atoms with E-state index >= 15 is 0 Å². The Morgan fingerprint density at radius 1 is 1.00 bits per heavy atom. The molecule has 1 aromatic heterocycles. The van der Waals surface area contributed by atoms with Gasteiger partial charge in [0.15, 0.2) is 11.5 Å². The predicted molar refractivity (Wildman–Crippen MR) is 127 cm³/mol. The number of hydrogen-bond acceptors (Lipinski definition) is 6. The summed E-state index contributed by atoms with van der Waals surface area (Å²) < 4.78 is 48.0. The molecule has 0 radical (unpaired) electrons. The van der Waals surface area contributed by atoms with E-state index in [0.29, 0.717) is 21.6 Å². The molecule has 37 heavy (non-hydrogen) atoms. The molecule has 11 heteroatoms. The minimum Gasteiger partial charge on any atom is -0.508 e. The second kappa shape index (κ2) is 8.90. The summed E-state index contributed by atoms with van der Waals surface area (Å²) in [4.78, 5) is 27.8. The van der Waals surface area contributed by atoms with Crippen LogP contribution in [-0.2, 0) is 4.79 Å². The number of rotatable bonds is 5. The Kier molecular flexibility index (Phi) is 5.83. The molecule has 1 atom stereocenters. The summed E-state index contributed by atoms with van der Waals surface area (Å²) in [5.74, 6) is -3.63. The largest absolute Gasteiger partial charge is 0.573 e. The summed E-state index contributed by atoms with van der Waals surface area (Å²) in [5.41, 5.74) is 0.200. The zero-order chi connectivity index (χ0) is 26.5. The quantitative estimate of drug-likeness (QED) is 0.287. The van der Waals surface area contributed by atoms with Crippen molar-refractivity contribution >= 4 is 39.9 Å². The molecule has 1 aliphatic heterocycles. The summed E-state index contributed by atoms with van der Waals surface area (Å²) in [6.45, 7) is 0. The number of aromatic hydroxyl groups is 1. The Labute approximate surface area is 211 Å². The lowest BCUT2D eigenvalue weighted by Gasteiger charge is -2.27. The summed E-state index contributed by atoms with van der Waals surface area (Å²) in [6.07, 6.45) is -4.98. The number of carbonyl (C=O) groups excluding carboxylic acids is 2. The van der Waals surface area contributed by atoms with Crippen LogP contribution in [0.4, 0.5) is 18.9 Å². The number of Topliss-reactive ketones (excluding diaryl/α,β-unsaturated/α-hetero) is 1. The van der Waals surface area contributed by atoms with Crippen LogP contribution in [0.3, 0.4) is 0 Å². The molecule has 3 aromatic carbocycles. The number of halogens is 4. The van der Waals surface area contributed by atoms with E-state index in [1.54, 1.807) is 18.2 Å². The second-order valence-corrected chi connectivity index (χ2v) is 8.54. The lowest BCUT2D eigenvalue weighted by molar-refractivity contribution is -0.274. The number of ether oxygens (including phenoxy) is 1. The number of anilines is 1. The van der Waals surface area contributed by atoms with Gasteiger partial charge in [-0.1, -0.05) is 29.8 Å². The summed E-state index contributed by atoms with van der Waals surface area (Å²) in [7, 11) is 0. The molecule has 2 N–H and O–H groups in total. The molecule has 1 amide bonds. The fourth-order valence-electron chi connectivity index (χ4n) is 4.16. The van der Waals surface area contributed by atoms with Gasteiger partial charge in [-0.3, -0.25) is 14.5 Å². The molecular weight excluding hydrogens is 515 g/mol. The maximum absolute atomic E-state index is 13.6. The van der Waals surface area contributed by atoms with Crippen LogP contribution in [0.1, 0.15) is 22.2 Å². The molecule has 0 saturated heterocycles. The standard InChI is InChI=1S/C26H15ClF3NO6/c27-15-6-9-19-14(10-15)11-20(36-19)23(33)21-22(13-4-7-17(32)8-5-13)31(25(35)24(21)34)16-2-1-3-18(12-16)37-26(28,29)30/h1-12,22,32,34H. The molecule has 7 nitrogen and oxygen atoms in total. The van der Waals surface area contributed by atoms with Crippen LogP contribution in [0.25, 0.3) is 11.0 Å². The van der Waals surface area contributed by atoms with Gasteiger partial charge >= 0.3 is 6.36 Å². The first-order chi connectivity index (χ1) is 17.5. The van der Waals surface area contributed by atoms with Crippen molar-refractivity contribution in [2.75, 3.05) is 4.90 Å². The first-order valence-corrected chi connectivity index (χ1v) is 11.0. The molecule has 0 bridgehead atoms. The Balaban J connectivity index is 1.63. The number of ketones is 1. The number of nitrogens with zero attached hydrogens (tertiary/aromatic N) is 1. The fourth-order valence-corrected chi connectivity index (χ4v) is 4.35. The number of benzene rings is 3. The molecule has 188 valence electrons. The molecule has 1 unspecified atom stereocenters. The van der Waals surface area contributed by atoms with E-state index in [2.05, 4.69) is 4.74 Å². The van der Waals surface area contributed by atoms with Crippen molar-refractivity contribution in [2.24, 2.45) is 0 Å². The molecule has 0 fully saturated rings. The van der Waals surface area contributed by atoms with Crippen molar-refractivity contribution in [3.05, 3.63) is 100 Å². The second-order valence-electron chi connectivity index (χ2n) is 8.10. The highest BCUT2D eigenvalue weighted by atomic mass is 35.5. The van der Waals surface area contributed by atoms with Crippen molar-refractivity contribution in [3.8, 4) is 11.5 Å². The number of amides is 1. The average molecular weight is 530 g/mol. The minimum absolute atomic E-state index is 0.0736. The topological polar surface area (TPSA) is 100 Å². The van der Waals surface area contributed by atoms with Gasteiger partial charge in [-0.25, -0.2) is 0 Å². The third-order valence-electron chi connectivity index (χ3n) is 5.69. The third-order valence-corrected chi connectivity index (χ3v) is 5.93. The Bertz CT molecular complexity index is 1580. The van der Waals surface area contributed by atoms with E-state index in [-0.39, 0.29) is 22.8 Å². The van der Waals surface area contributed by atoms with Gasteiger partial charge in [0.2, 0.25) is 5.78 Å². The van der Waals surface area contributed by atoms with Gasteiger partial charge in [0, 0.05) is 22.2 Å². The minimum atomic E-state index is -4.98. The normalized spacial score (nSPS) is 16.1. The fraction of sp³-hybridized carbons (Fsp3) is 0.0769. The summed E-state index contributed by atoms with van der Waals surface area (Å²) in [5, 5.41) is 21.5. The molecule has 4 aromatic rings. The Morgan fingerprint density at radius 3 is 2.43 bits per heavy atom. The molecule has 0 aliphatic carbocycles. The van der Waals surface area contributed by atoms with E-state index in [1.165, 1.54) is 42.5 Å². The number of aliphatic hydroxyl groups is 1. The van der Waals surface area contributed by atoms with Crippen LogP contribution in [0.15, 0.2) is 88.5 Å². The SMILES string of the molecule is O=C(C1=C(O)C(=O)N(c2cccc(OC(F)(F)F)c2)C1c1ccc(O)cc1)c1cc2cc(Cl)ccc2o1. The summed E-state index contributed by atoms with van der Waals surface area (Å²) in [6, 6.07) is 14.9. The van der Waals surface area contributed by atoms with E-state index in [1.807, 2.05) is 0 Å². The maximum Gasteiger partial charge on any atom is 0.573 e. The van der Waals surface area contributed by atoms with Crippen molar-refractivity contribution in [1.29, 1.82) is 0 Å². The van der Waals surface area contributed by atoms with Gasteiger partial charge in [-0.15, -0.1) is 13.2 Å². The first kappa shape index (κ1) is 24.3. The number of fused-ring (bicyclic) bond motifs is 1. The molecule has 1 aliphatic rings. The molecule has 5 rings (SSSR count). The number of furan rings is 1. The van der Waals surface area contributed by atoms with Crippen LogP contribution in [-0.4, -0.2) is 28.3 Å². The number of phenolic OH excluding ortho intramolecular Hbond substituents is 1. The zero-order valence-corrected chi connectivity index (χ0v) is 19.2. The maximum atomic E-state index is 13.6. The smallest absolute Gasteiger partial charge is 0.508 e. The van der Waals surface area contributed by atoms with Crippen LogP contribution in [0.5, 0.6) is 11.5 Å². The van der Waals surface area contributed by atoms with Crippen molar-refractivity contribution < 1.29 is 42.1 Å². The van der Waals surface area contributed by atoms with Crippen LogP contribution >= 0.6 is 11.6 Å². The summed E-state index contributed by atoms with van der Waals surface area (Å²) >= 11 is 6.00. The lowest BCUT2D eigenvalue weighted by atomic mass is 9.94. The molecule has 0 spiro atoms. The van der Waals surface area contributed by atoms with E-state index in [0.717, 1.165) is 17.0 Å². The van der Waals surface area contributed by atoms with Gasteiger partial charge in [0.1, 0.15) is 17.1 Å².